The van der Waals surface area contributed by atoms with Gasteiger partial charge in [-0.3, -0.25) is 9.78 Å². The molecule has 2 aliphatic heterocycles. The molecule has 0 radical (unpaired) electrons. The van der Waals surface area contributed by atoms with E-state index in [9.17, 15) is 4.79 Å². The Morgan fingerprint density at radius 1 is 1.08 bits per heavy atom. The van der Waals surface area contributed by atoms with E-state index in [1.807, 2.05) is 24.5 Å². The lowest BCUT2D eigenvalue weighted by atomic mass is 10.0. The van der Waals surface area contributed by atoms with Crippen molar-refractivity contribution in [3.63, 3.8) is 0 Å². The highest BCUT2D eigenvalue weighted by Gasteiger charge is 2.28. The van der Waals surface area contributed by atoms with Crippen LogP contribution in [0.3, 0.4) is 0 Å². The lowest BCUT2D eigenvalue weighted by Gasteiger charge is -2.35. The Kier molecular flexibility index (Phi) is 6.39. The molecule has 3 aliphatic rings. The highest BCUT2D eigenvalue weighted by molar-refractivity contribution is 5.84. The van der Waals surface area contributed by atoms with E-state index in [2.05, 4.69) is 42.7 Å². The van der Waals surface area contributed by atoms with Crippen LogP contribution in [0, 0.1) is 5.82 Å². The number of anilines is 2. The zero-order valence-corrected chi connectivity index (χ0v) is 21.0. The Morgan fingerprint density at radius 3 is 2.67 bits per heavy atom. The number of hydrogen-bond acceptors (Lipinski definition) is 6. The second-order valence-electron chi connectivity index (χ2n) is 10.6. The standard InChI is InChI=1S/C28H35FN6O/c1-32-10-12-33(13-11-32)27-15-26-24(14-25(27)29)28(36)20(18-35(26)22-6-7-22)16-31-21-4-3-9-34(19-21)23-5-2-8-30-17-23/h2,5,8,14-15,17-18,21-22,31H,3-4,6-7,9-13,16,19H2,1H3/t21-/m0/s1. The monoisotopic (exact) mass is 490 g/mol. The number of rotatable bonds is 6. The molecular formula is C28H35FN6O. The number of halogens is 1. The van der Waals surface area contributed by atoms with Gasteiger partial charge in [0.05, 0.1) is 23.1 Å². The molecule has 190 valence electrons. The van der Waals surface area contributed by atoms with Gasteiger partial charge in [0.25, 0.3) is 0 Å². The Bertz CT molecular complexity index is 1280. The van der Waals surface area contributed by atoms with Crippen LogP contribution in [0.5, 0.6) is 0 Å². The molecule has 0 unspecified atom stereocenters. The smallest absolute Gasteiger partial charge is 0.193 e. The molecular weight excluding hydrogens is 455 g/mol. The molecule has 7 nitrogen and oxygen atoms in total. The summed E-state index contributed by atoms with van der Waals surface area (Å²) in [4.78, 5) is 24.5. The van der Waals surface area contributed by atoms with Crippen LogP contribution in [-0.4, -0.2) is 66.8 Å². The van der Waals surface area contributed by atoms with E-state index in [1.165, 1.54) is 6.07 Å². The summed E-state index contributed by atoms with van der Waals surface area (Å²) in [7, 11) is 2.10. The molecule has 36 heavy (non-hydrogen) atoms. The molecule has 2 aromatic heterocycles. The minimum atomic E-state index is -0.295. The molecule has 8 heteroatoms. The minimum Gasteiger partial charge on any atom is -0.369 e. The van der Waals surface area contributed by atoms with Crippen molar-refractivity contribution in [3.05, 3.63) is 64.5 Å². The van der Waals surface area contributed by atoms with Crippen molar-refractivity contribution in [1.29, 1.82) is 0 Å². The maximum Gasteiger partial charge on any atom is 0.193 e. The molecule has 3 aromatic rings. The summed E-state index contributed by atoms with van der Waals surface area (Å²) in [5, 5.41) is 4.13. The number of benzene rings is 1. The number of likely N-dealkylation sites (N-methyl/N-ethyl adjacent to an activating group) is 1. The van der Waals surface area contributed by atoms with E-state index >= 15 is 4.39 Å². The van der Waals surface area contributed by atoms with E-state index < -0.39 is 0 Å². The molecule has 2 saturated heterocycles. The number of piperazine rings is 1. The molecule has 1 atom stereocenters. The van der Waals surface area contributed by atoms with Crippen LogP contribution in [0.25, 0.3) is 10.9 Å². The maximum absolute atomic E-state index is 15.3. The van der Waals surface area contributed by atoms with Gasteiger partial charge < -0.3 is 24.6 Å². The molecule has 6 rings (SSSR count). The van der Waals surface area contributed by atoms with Crippen LogP contribution in [0.2, 0.25) is 0 Å². The van der Waals surface area contributed by atoms with Gasteiger partial charge in [-0.2, -0.15) is 0 Å². The van der Waals surface area contributed by atoms with E-state index in [1.54, 1.807) is 6.20 Å². The molecule has 1 aromatic carbocycles. The molecule has 1 saturated carbocycles. The fourth-order valence-electron chi connectivity index (χ4n) is 5.66. The van der Waals surface area contributed by atoms with Crippen molar-refractivity contribution in [3.8, 4) is 0 Å². The SMILES string of the molecule is CN1CCN(c2cc3c(cc2F)c(=O)c(CN[C@H]2CCCN(c4cccnc4)C2)cn3C2CC2)CC1. The van der Waals surface area contributed by atoms with E-state index in [4.69, 9.17) is 0 Å². The fraction of sp³-hybridized carbons (Fsp3) is 0.500. The number of aromatic nitrogens is 2. The van der Waals surface area contributed by atoms with E-state index in [0.29, 0.717) is 29.7 Å². The summed E-state index contributed by atoms with van der Waals surface area (Å²) in [6, 6.07) is 8.15. The number of nitrogens with one attached hydrogen (secondary N) is 1. The van der Waals surface area contributed by atoms with Gasteiger partial charge in [0.2, 0.25) is 0 Å². The first kappa shape index (κ1) is 23.4. The molecule has 4 heterocycles. The Morgan fingerprint density at radius 2 is 1.92 bits per heavy atom. The first-order valence-electron chi connectivity index (χ1n) is 13.3. The molecule has 3 fully saturated rings. The Hall–Kier alpha value is -2.97. The molecule has 0 amide bonds. The van der Waals surface area contributed by atoms with Gasteiger partial charge in [0.15, 0.2) is 5.43 Å². The topological polar surface area (TPSA) is 56.6 Å². The van der Waals surface area contributed by atoms with E-state index in [-0.39, 0.29) is 11.2 Å². The Balaban J connectivity index is 1.25. The zero-order valence-electron chi connectivity index (χ0n) is 21.0. The van der Waals surface area contributed by atoms with Crippen molar-refractivity contribution < 1.29 is 4.39 Å². The van der Waals surface area contributed by atoms with Gasteiger partial charge in [-0.15, -0.1) is 0 Å². The third kappa shape index (κ3) is 4.72. The molecule has 0 spiro atoms. The summed E-state index contributed by atoms with van der Waals surface area (Å²) >= 11 is 0. The maximum atomic E-state index is 15.3. The number of hydrogen-bond donors (Lipinski definition) is 1. The van der Waals surface area contributed by atoms with Gasteiger partial charge >= 0.3 is 0 Å². The number of pyridine rings is 2. The van der Waals surface area contributed by atoms with Gasteiger partial charge in [-0.1, -0.05) is 0 Å². The number of nitrogens with zero attached hydrogens (tertiary/aromatic N) is 5. The molecule has 1 N–H and O–H groups in total. The van der Waals surface area contributed by atoms with Crippen molar-refractivity contribution in [2.45, 2.75) is 44.3 Å². The second kappa shape index (κ2) is 9.82. The number of fused-ring (bicyclic) bond motifs is 1. The first-order chi connectivity index (χ1) is 17.6. The fourth-order valence-corrected chi connectivity index (χ4v) is 5.66. The van der Waals surface area contributed by atoms with Gasteiger partial charge in [0, 0.05) is 81.2 Å². The van der Waals surface area contributed by atoms with Crippen LogP contribution in [-0.2, 0) is 6.54 Å². The summed E-state index contributed by atoms with van der Waals surface area (Å²) < 4.78 is 17.5. The van der Waals surface area contributed by atoms with Crippen molar-refractivity contribution in [2.75, 3.05) is 56.1 Å². The first-order valence-corrected chi connectivity index (χ1v) is 13.3. The normalized spacial score (nSPS) is 21.3. The quantitative estimate of drug-likeness (QED) is 0.572. The average Bonchev–Trinajstić information content (AvgIpc) is 3.75. The van der Waals surface area contributed by atoms with Crippen LogP contribution >= 0.6 is 0 Å². The van der Waals surface area contributed by atoms with Gasteiger partial charge in [-0.05, 0) is 57.0 Å². The highest BCUT2D eigenvalue weighted by Crippen LogP contribution is 2.38. The van der Waals surface area contributed by atoms with Crippen molar-refractivity contribution >= 4 is 22.3 Å². The molecule has 0 bridgehead atoms. The third-order valence-corrected chi connectivity index (χ3v) is 7.97. The van der Waals surface area contributed by atoms with Gasteiger partial charge in [-0.25, -0.2) is 4.39 Å². The number of piperidine rings is 1. The lowest BCUT2D eigenvalue weighted by molar-refractivity contribution is 0.312. The highest BCUT2D eigenvalue weighted by atomic mass is 19.1. The second-order valence-corrected chi connectivity index (χ2v) is 10.6. The largest absolute Gasteiger partial charge is 0.369 e. The van der Waals surface area contributed by atoms with Crippen LogP contribution in [0.4, 0.5) is 15.8 Å². The summed E-state index contributed by atoms with van der Waals surface area (Å²) in [5.41, 5.74) is 3.28. The Labute approximate surface area is 211 Å². The van der Waals surface area contributed by atoms with Crippen LogP contribution in [0.15, 0.2) is 47.7 Å². The van der Waals surface area contributed by atoms with Crippen molar-refractivity contribution in [2.24, 2.45) is 0 Å². The zero-order chi connectivity index (χ0) is 24.6. The van der Waals surface area contributed by atoms with Gasteiger partial charge in [0.1, 0.15) is 5.82 Å². The summed E-state index contributed by atoms with van der Waals surface area (Å²) in [5.74, 6) is -0.295. The predicted octanol–water partition coefficient (Wildman–Crippen LogP) is 3.38. The van der Waals surface area contributed by atoms with E-state index in [0.717, 1.165) is 81.7 Å². The minimum absolute atomic E-state index is 0.0573. The predicted molar refractivity (Wildman–Crippen MR) is 142 cm³/mol. The van der Waals surface area contributed by atoms with Crippen LogP contribution in [0.1, 0.15) is 37.3 Å². The van der Waals surface area contributed by atoms with Crippen LogP contribution < -0.4 is 20.5 Å². The average molecular weight is 491 g/mol. The van der Waals surface area contributed by atoms with Crippen molar-refractivity contribution in [1.82, 2.24) is 19.8 Å². The third-order valence-electron chi connectivity index (χ3n) is 7.97. The summed E-state index contributed by atoms with van der Waals surface area (Å²) in [6.07, 6.45) is 10.1. The molecule has 1 aliphatic carbocycles. The summed E-state index contributed by atoms with van der Waals surface area (Å²) in [6.45, 7) is 5.82. The lowest BCUT2D eigenvalue weighted by Crippen LogP contribution is -2.46.